The van der Waals surface area contributed by atoms with Crippen LogP contribution in [0.2, 0.25) is 5.28 Å². The van der Waals surface area contributed by atoms with Crippen molar-refractivity contribution in [3.05, 3.63) is 24.0 Å². The van der Waals surface area contributed by atoms with Crippen LogP contribution in [0.25, 0.3) is 5.95 Å². The van der Waals surface area contributed by atoms with Crippen LogP contribution in [0.1, 0.15) is 12.8 Å². The third kappa shape index (κ3) is 3.14. The van der Waals surface area contributed by atoms with Crippen LogP contribution < -0.4 is 4.90 Å². The van der Waals surface area contributed by atoms with Crippen LogP contribution in [-0.4, -0.2) is 62.6 Å². The topological polar surface area (TPSA) is 63.0 Å². The quantitative estimate of drug-likeness (QED) is 0.850. The molecule has 0 saturated carbocycles. The zero-order valence-electron chi connectivity index (χ0n) is 12.1. The first kappa shape index (κ1) is 14.2. The van der Waals surface area contributed by atoms with Crippen molar-refractivity contribution < 1.29 is 0 Å². The molecule has 0 atom stereocenters. The second-order valence-electron chi connectivity index (χ2n) is 5.32. The predicted molar refractivity (Wildman–Crippen MR) is 80.9 cm³/mol. The number of rotatable bonds is 3. The van der Waals surface area contributed by atoms with Gasteiger partial charge in [-0.1, -0.05) is 0 Å². The standard InChI is InChI=1S/C13H18ClN7/c1-19-6-3-10(4-7-19)20(2)12-16-11(14)17-13(18-12)21-8-5-15-9-21/h5,8-10H,3-4,6-7H2,1-2H3. The maximum absolute atomic E-state index is 6.04. The molecule has 1 saturated heterocycles. The molecule has 2 aromatic heterocycles. The molecule has 1 aliphatic heterocycles. The number of anilines is 1. The molecule has 0 unspecified atom stereocenters. The van der Waals surface area contributed by atoms with Crippen molar-refractivity contribution in [1.82, 2.24) is 29.4 Å². The normalized spacial score (nSPS) is 17.1. The van der Waals surface area contributed by atoms with Crippen LogP contribution in [0.15, 0.2) is 18.7 Å². The Morgan fingerprint density at radius 1 is 1.24 bits per heavy atom. The first-order chi connectivity index (χ1) is 10.1. The lowest BCUT2D eigenvalue weighted by atomic mass is 10.0. The van der Waals surface area contributed by atoms with Crippen molar-refractivity contribution >= 4 is 17.5 Å². The molecule has 2 aromatic rings. The van der Waals surface area contributed by atoms with Gasteiger partial charge >= 0.3 is 0 Å². The minimum atomic E-state index is 0.198. The Hall–Kier alpha value is -1.73. The van der Waals surface area contributed by atoms with Gasteiger partial charge in [0.1, 0.15) is 6.33 Å². The molecule has 0 aromatic carbocycles. The van der Waals surface area contributed by atoms with E-state index in [1.54, 1.807) is 23.3 Å². The fourth-order valence-corrected chi connectivity index (χ4v) is 2.68. The van der Waals surface area contributed by atoms with Crippen LogP contribution in [0, 0.1) is 0 Å². The lowest BCUT2D eigenvalue weighted by Crippen LogP contribution is -2.42. The molecule has 3 heterocycles. The van der Waals surface area contributed by atoms with Crippen LogP contribution in [0.4, 0.5) is 5.95 Å². The Morgan fingerprint density at radius 3 is 2.67 bits per heavy atom. The number of hydrogen-bond donors (Lipinski definition) is 0. The Labute approximate surface area is 128 Å². The molecule has 7 nitrogen and oxygen atoms in total. The molecule has 112 valence electrons. The van der Waals surface area contributed by atoms with Gasteiger partial charge in [0.05, 0.1) is 0 Å². The Kier molecular flexibility index (Phi) is 4.03. The molecule has 3 rings (SSSR count). The van der Waals surface area contributed by atoms with Gasteiger partial charge in [-0.05, 0) is 44.6 Å². The minimum absolute atomic E-state index is 0.198. The summed E-state index contributed by atoms with van der Waals surface area (Å²) in [6, 6.07) is 0.426. The molecule has 21 heavy (non-hydrogen) atoms. The number of hydrogen-bond acceptors (Lipinski definition) is 6. The van der Waals surface area contributed by atoms with Gasteiger partial charge < -0.3 is 9.80 Å². The van der Waals surface area contributed by atoms with E-state index in [-0.39, 0.29) is 5.28 Å². The van der Waals surface area contributed by atoms with Crippen molar-refractivity contribution in [2.45, 2.75) is 18.9 Å². The van der Waals surface area contributed by atoms with E-state index in [1.165, 1.54) is 0 Å². The highest BCUT2D eigenvalue weighted by molar-refractivity contribution is 6.28. The highest BCUT2D eigenvalue weighted by atomic mass is 35.5. The third-order valence-electron chi connectivity index (χ3n) is 3.87. The number of likely N-dealkylation sites (tertiary alicyclic amines) is 1. The molecule has 0 spiro atoms. The average molecular weight is 308 g/mol. The van der Waals surface area contributed by atoms with Gasteiger partial charge in [0, 0.05) is 25.5 Å². The van der Waals surface area contributed by atoms with Gasteiger partial charge in [-0.15, -0.1) is 0 Å². The molecular formula is C13H18ClN7. The molecule has 1 fully saturated rings. The SMILES string of the molecule is CN1CCC(N(C)c2nc(Cl)nc(-n3ccnc3)n2)CC1. The van der Waals surface area contributed by atoms with Crippen molar-refractivity contribution in [3.8, 4) is 5.95 Å². The molecule has 0 bridgehead atoms. The van der Waals surface area contributed by atoms with E-state index < -0.39 is 0 Å². The van der Waals surface area contributed by atoms with Crippen molar-refractivity contribution in [2.24, 2.45) is 0 Å². The highest BCUT2D eigenvalue weighted by Gasteiger charge is 2.23. The summed E-state index contributed by atoms with van der Waals surface area (Å²) >= 11 is 6.04. The van der Waals surface area contributed by atoms with Crippen LogP contribution >= 0.6 is 11.6 Å². The van der Waals surface area contributed by atoms with Crippen LogP contribution in [-0.2, 0) is 0 Å². The Balaban J connectivity index is 1.84. The van der Waals surface area contributed by atoms with Crippen molar-refractivity contribution in [2.75, 3.05) is 32.1 Å². The van der Waals surface area contributed by atoms with Crippen molar-refractivity contribution in [1.29, 1.82) is 0 Å². The summed E-state index contributed by atoms with van der Waals surface area (Å²) in [4.78, 5) is 21.3. The minimum Gasteiger partial charge on any atom is -0.341 e. The van der Waals surface area contributed by atoms with Crippen molar-refractivity contribution in [3.63, 3.8) is 0 Å². The second-order valence-corrected chi connectivity index (χ2v) is 5.66. The highest BCUT2D eigenvalue weighted by Crippen LogP contribution is 2.20. The maximum Gasteiger partial charge on any atom is 0.241 e. The summed E-state index contributed by atoms with van der Waals surface area (Å²) in [5, 5.41) is 0.198. The molecule has 0 amide bonds. The fraction of sp³-hybridized carbons (Fsp3) is 0.538. The van der Waals surface area contributed by atoms with E-state index in [2.05, 4.69) is 36.8 Å². The summed E-state index contributed by atoms with van der Waals surface area (Å²) < 4.78 is 1.72. The molecule has 0 aliphatic carbocycles. The predicted octanol–water partition coefficient (Wildman–Crippen LogP) is 1.24. The van der Waals surface area contributed by atoms with Crippen LogP contribution in [0.3, 0.4) is 0 Å². The van der Waals surface area contributed by atoms with Gasteiger partial charge in [0.2, 0.25) is 17.2 Å². The van der Waals surface area contributed by atoms with E-state index in [0.29, 0.717) is 17.9 Å². The van der Waals surface area contributed by atoms with Gasteiger partial charge in [0.15, 0.2) is 0 Å². The van der Waals surface area contributed by atoms with Gasteiger partial charge in [-0.3, -0.25) is 4.57 Å². The van der Waals surface area contributed by atoms with Gasteiger partial charge in [0.25, 0.3) is 0 Å². The lowest BCUT2D eigenvalue weighted by Gasteiger charge is -2.35. The average Bonchev–Trinajstić information content (AvgIpc) is 3.01. The van der Waals surface area contributed by atoms with E-state index in [9.17, 15) is 0 Å². The Bertz CT molecular complexity index is 593. The molecular weight excluding hydrogens is 290 g/mol. The van der Waals surface area contributed by atoms with E-state index in [1.807, 2.05) is 7.05 Å². The van der Waals surface area contributed by atoms with E-state index in [4.69, 9.17) is 11.6 Å². The molecule has 0 radical (unpaired) electrons. The number of halogens is 1. The fourth-order valence-electron chi connectivity index (χ4n) is 2.53. The smallest absolute Gasteiger partial charge is 0.241 e. The van der Waals surface area contributed by atoms with Gasteiger partial charge in [-0.25, -0.2) is 4.98 Å². The molecule has 0 N–H and O–H groups in total. The number of piperidine rings is 1. The third-order valence-corrected chi connectivity index (χ3v) is 4.04. The van der Waals surface area contributed by atoms with Crippen LogP contribution in [0.5, 0.6) is 0 Å². The number of nitrogens with zero attached hydrogens (tertiary/aromatic N) is 7. The molecule has 1 aliphatic rings. The zero-order chi connectivity index (χ0) is 14.8. The number of aromatic nitrogens is 5. The first-order valence-corrected chi connectivity index (χ1v) is 7.32. The Morgan fingerprint density at radius 2 is 2.00 bits per heavy atom. The number of imidazole rings is 1. The summed E-state index contributed by atoms with van der Waals surface area (Å²) in [6.45, 7) is 2.17. The summed E-state index contributed by atoms with van der Waals surface area (Å²) in [7, 11) is 4.16. The summed E-state index contributed by atoms with van der Waals surface area (Å²) in [6.07, 6.45) is 7.29. The first-order valence-electron chi connectivity index (χ1n) is 6.95. The van der Waals surface area contributed by atoms with E-state index in [0.717, 1.165) is 25.9 Å². The second kappa shape index (κ2) is 5.95. The largest absolute Gasteiger partial charge is 0.341 e. The summed E-state index contributed by atoms with van der Waals surface area (Å²) in [5.74, 6) is 1.09. The van der Waals surface area contributed by atoms with Gasteiger partial charge in [-0.2, -0.15) is 15.0 Å². The summed E-state index contributed by atoms with van der Waals surface area (Å²) in [5.41, 5.74) is 0. The monoisotopic (exact) mass is 307 g/mol. The van der Waals surface area contributed by atoms with E-state index >= 15 is 0 Å². The lowest BCUT2D eigenvalue weighted by molar-refractivity contribution is 0.252. The maximum atomic E-state index is 6.04. The molecule has 8 heteroatoms. The zero-order valence-corrected chi connectivity index (χ0v) is 12.9.